The second-order valence-electron chi connectivity index (χ2n) is 4.01. The van der Waals surface area contributed by atoms with Crippen LogP contribution in [0.25, 0.3) is 0 Å². The third-order valence-corrected chi connectivity index (χ3v) is 2.71. The number of rotatable bonds is 7. The first-order valence-corrected chi connectivity index (χ1v) is 5.83. The molecular weight excluding hydrogens is 176 g/mol. The highest BCUT2D eigenvalue weighted by molar-refractivity contribution is 5.79. The van der Waals surface area contributed by atoms with Crippen molar-refractivity contribution in [3.8, 4) is 0 Å². The molecule has 0 radical (unpaired) electrons. The van der Waals surface area contributed by atoms with Crippen LogP contribution >= 0.6 is 0 Å². The average molecular weight is 198 g/mol. The Labute approximate surface area is 86.9 Å². The topological polar surface area (TPSA) is 32.3 Å². The molecule has 0 aromatic heterocycles. The van der Waals surface area contributed by atoms with E-state index >= 15 is 0 Å². The predicted octanol–water partition coefficient (Wildman–Crippen LogP) is 1.74. The maximum Gasteiger partial charge on any atom is 0.237 e. The van der Waals surface area contributed by atoms with Gasteiger partial charge in [-0.2, -0.15) is 0 Å². The molecule has 1 fully saturated rings. The Morgan fingerprint density at radius 1 is 1.21 bits per heavy atom. The summed E-state index contributed by atoms with van der Waals surface area (Å²) in [6, 6.07) is 0. The molecule has 0 unspecified atom stereocenters. The van der Waals surface area contributed by atoms with Gasteiger partial charge in [0.1, 0.15) is 0 Å². The van der Waals surface area contributed by atoms with Crippen molar-refractivity contribution >= 4 is 5.91 Å². The van der Waals surface area contributed by atoms with E-state index in [1.54, 1.807) is 0 Å². The van der Waals surface area contributed by atoms with E-state index in [0.717, 1.165) is 19.6 Å². The monoisotopic (exact) mass is 198 g/mol. The van der Waals surface area contributed by atoms with E-state index in [0.29, 0.717) is 6.54 Å². The molecule has 1 aliphatic heterocycles. The van der Waals surface area contributed by atoms with Gasteiger partial charge in [0.05, 0.1) is 13.2 Å². The molecule has 3 heteroatoms. The summed E-state index contributed by atoms with van der Waals surface area (Å²) < 4.78 is 0. The Bertz CT molecular complexity index is 171. The maximum atomic E-state index is 11.2. The second kappa shape index (κ2) is 6.82. The Morgan fingerprint density at radius 3 is 2.57 bits per heavy atom. The molecule has 0 saturated carbocycles. The summed E-state index contributed by atoms with van der Waals surface area (Å²) >= 11 is 0. The molecule has 82 valence electrons. The third-order valence-electron chi connectivity index (χ3n) is 2.71. The molecule has 3 nitrogen and oxygen atoms in total. The molecule has 1 aliphatic rings. The number of unbranched alkanes of at least 4 members (excludes halogenated alkanes) is 5. The van der Waals surface area contributed by atoms with Crippen molar-refractivity contribution in [2.45, 2.75) is 45.4 Å². The minimum absolute atomic E-state index is 0.263. The van der Waals surface area contributed by atoms with Crippen LogP contribution in [0.15, 0.2) is 0 Å². The summed E-state index contributed by atoms with van der Waals surface area (Å²) in [4.78, 5) is 13.1. The van der Waals surface area contributed by atoms with Gasteiger partial charge in [-0.1, -0.05) is 39.0 Å². The summed E-state index contributed by atoms with van der Waals surface area (Å²) in [5.41, 5.74) is 0. The highest BCUT2D eigenvalue weighted by Crippen LogP contribution is 2.06. The molecule has 0 bridgehead atoms. The standard InChI is InChI=1S/C11H22N2O/c1-2-3-4-5-6-7-8-13-10-12-9-11(13)14/h12H,2-10H2,1H3. The number of hydrogen-bond donors (Lipinski definition) is 1. The lowest BCUT2D eigenvalue weighted by Crippen LogP contribution is -2.27. The molecule has 0 atom stereocenters. The van der Waals surface area contributed by atoms with E-state index in [1.165, 1.54) is 32.1 Å². The summed E-state index contributed by atoms with van der Waals surface area (Å²) in [6.07, 6.45) is 7.76. The molecule has 0 aromatic carbocycles. The van der Waals surface area contributed by atoms with E-state index in [9.17, 15) is 4.79 Å². The highest BCUT2D eigenvalue weighted by Gasteiger charge is 2.17. The van der Waals surface area contributed by atoms with Gasteiger partial charge < -0.3 is 4.90 Å². The first-order valence-electron chi connectivity index (χ1n) is 5.83. The minimum atomic E-state index is 0.263. The van der Waals surface area contributed by atoms with Crippen LogP contribution < -0.4 is 5.32 Å². The number of hydrogen-bond acceptors (Lipinski definition) is 2. The van der Waals surface area contributed by atoms with Crippen molar-refractivity contribution in [3.05, 3.63) is 0 Å². The number of nitrogens with one attached hydrogen (secondary N) is 1. The van der Waals surface area contributed by atoms with Crippen LogP contribution in [0.4, 0.5) is 0 Å². The number of amides is 1. The zero-order valence-electron chi connectivity index (χ0n) is 9.22. The van der Waals surface area contributed by atoms with E-state index in [4.69, 9.17) is 0 Å². The van der Waals surface area contributed by atoms with Gasteiger partial charge in [-0.25, -0.2) is 0 Å². The predicted molar refractivity (Wildman–Crippen MR) is 58.0 cm³/mol. The lowest BCUT2D eigenvalue weighted by molar-refractivity contribution is -0.126. The zero-order valence-corrected chi connectivity index (χ0v) is 9.22. The van der Waals surface area contributed by atoms with Crippen molar-refractivity contribution in [1.82, 2.24) is 10.2 Å². The number of carbonyl (C=O) groups is 1. The Morgan fingerprint density at radius 2 is 1.93 bits per heavy atom. The Hall–Kier alpha value is -0.570. The van der Waals surface area contributed by atoms with Crippen LogP contribution in [0.1, 0.15) is 45.4 Å². The van der Waals surface area contributed by atoms with Crippen molar-refractivity contribution in [1.29, 1.82) is 0 Å². The molecule has 1 rings (SSSR count). The number of carbonyl (C=O) groups excluding carboxylic acids is 1. The normalized spacial score (nSPS) is 16.6. The van der Waals surface area contributed by atoms with E-state index in [1.807, 2.05) is 4.90 Å². The molecule has 1 heterocycles. The zero-order chi connectivity index (χ0) is 10.2. The summed E-state index contributed by atoms with van der Waals surface area (Å²) in [5.74, 6) is 0.263. The fourth-order valence-corrected chi connectivity index (χ4v) is 1.78. The molecule has 0 aliphatic carbocycles. The van der Waals surface area contributed by atoms with Crippen LogP contribution in [0.2, 0.25) is 0 Å². The molecule has 0 aromatic rings. The Kier molecular flexibility index (Phi) is 5.60. The summed E-state index contributed by atoms with van der Waals surface area (Å²) in [5, 5.41) is 3.06. The van der Waals surface area contributed by atoms with E-state index < -0.39 is 0 Å². The third kappa shape index (κ3) is 4.09. The lowest BCUT2D eigenvalue weighted by atomic mass is 10.1. The summed E-state index contributed by atoms with van der Waals surface area (Å²) in [7, 11) is 0. The van der Waals surface area contributed by atoms with Crippen LogP contribution in [-0.2, 0) is 4.79 Å². The number of nitrogens with zero attached hydrogens (tertiary/aromatic N) is 1. The van der Waals surface area contributed by atoms with Crippen molar-refractivity contribution in [3.63, 3.8) is 0 Å². The van der Waals surface area contributed by atoms with Crippen molar-refractivity contribution in [2.75, 3.05) is 19.8 Å². The molecule has 1 saturated heterocycles. The second-order valence-corrected chi connectivity index (χ2v) is 4.01. The summed E-state index contributed by atoms with van der Waals surface area (Å²) in [6.45, 7) is 4.47. The van der Waals surface area contributed by atoms with E-state index in [2.05, 4.69) is 12.2 Å². The fraction of sp³-hybridized carbons (Fsp3) is 0.909. The van der Waals surface area contributed by atoms with Gasteiger partial charge in [0.2, 0.25) is 5.91 Å². The van der Waals surface area contributed by atoms with Crippen LogP contribution in [-0.4, -0.2) is 30.6 Å². The quantitative estimate of drug-likeness (QED) is 0.632. The van der Waals surface area contributed by atoms with Crippen molar-refractivity contribution in [2.24, 2.45) is 0 Å². The van der Waals surface area contributed by atoms with Crippen molar-refractivity contribution < 1.29 is 4.79 Å². The highest BCUT2D eigenvalue weighted by atomic mass is 16.2. The van der Waals surface area contributed by atoms with Gasteiger partial charge >= 0.3 is 0 Å². The average Bonchev–Trinajstić information content (AvgIpc) is 2.58. The maximum absolute atomic E-state index is 11.2. The van der Waals surface area contributed by atoms with Crippen LogP contribution in [0.3, 0.4) is 0 Å². The first kappa shape index (κ1) is 11.5. The van der Waals surface area contributed by atoms with Gasteiger partial charge in [-0.15, -0.1) is 0 Å². The van der Waals surface area contributed by atoms with Gasteiger partial charge in [-0.3, -0.25) is 10.1 Å². The van der Waals surface area contributed by atoms with Gasteiger partial charge in [0.15, 0.2) is 0 Å². The Balaban J connectivity index is 1.90. The fourth-order valence-electron chi connectivity index (χ4n) is 1.78. The van der Waals surface area contributed by atoms with Crippen LogP contribution in [0, 0.1) is 0 Å². The van der Waals surface area contributed by atoms with E-state index in [-0.39, 0.29) is 5.91 Å². The minimum Gasteiger partial charge on any atom is -0.329 e. The van der Waals surface area contributed by atoms with Crippen LogP contribution in [0.5, 0.6) is 0 Å². The SMILES string of the molecule is CCCCCCCCN1CNCC1=O. The lowest BCUT2D eigenvalue weighted by Gasteiger charge is -2.13. The molecule has 1 amide bonds. The largest absolute Gasteiger partial charge is 0.329 e. The first-order chi connectivity index (χ1) is 6.84. The molecule has 1 N–H and O–H groups in total. The smallest absolute Gasteiger partial charge is 0.237 e. The van der Waals surface area contributed by atoms with Gasteiger partial charge in [0.25, 0.3) is 0 Å². The molecule has 14 heavy (non-hydrogen) atoms. The molecular formula is C11H22N2O. The molecule has 0 spiro atoms. The van der Waals surface area contributed by atoms with Gasteiger partial charge in [-0.05, 0) is 6.42 Å². The van der Waals surface area contributed by atoms with Gasteiger partial charge in [0, 0.05) is 6.54 Å².